The van der Waals surface area contributed by atoms with Crippen molar-refractivity contribution in [3.05, 3.63) is 40.8 Å². The predicted octanol–water partition coefficient (Wildman–Crippen LogP) is 3.88. The van der Waals surface area contributed by atoms with E-state index in [0.29, 0.717) is 24.3 Å². The maximum absolute atomic E-state index is 12.7. The van der Waals surface area contributed by atoms with E-state index in [1.807, 2.05) is 25.1 Å². The Labute approximate surface area is 151 Å². The van der Waals surface area contributed by atoms with Crippen molar-refractivity contribution in [3.8, 4) is 5.75 Å². The van der Waals surface area contributed by atoms with Gasteiger partial charge in [0.25, 0.3) is 0 Å². The number of likely N-dealkylation sites (N-methyl/N-ethyl adjacent to an activating group) is 1. The Bertz CT molecular complexity index is 698. The van der Waals surface area contributed by atoms with Gasteiger partial charge in [0, 0.05) is 13.5 Å². The summed E-state index contributed by atoms with van der Waals surface area (Å²) in [5, 5.41) is 0. The summed E-state index contributed by atoms with van der Waals surface area (Å²) >= 11 is 0. The van der Waals surface area contributed by atoms with Crippen LogP contribution in [0.1, 0.15) is 31.4 Å². The zero-order chi connectivity index (χ0) is 19.5. The maximum Gasteiger partial charge on any atom is 0.422 e. The van der Waals surface area contributed by atoms with Gasteiger partial charge in [-0.1, -0.05) is 19.9 Å². The number of ketones is 1. The van der Waals surface area contributed by atoms with Crippen LogP contribution in [0.15, 0.2) is 29.7 Å². The molecule has 7 heteroatoms. The van der Waals surface area contributed by atoms with E-state index in [0.717, 1.165) is 17.5 Å². The van der Waals surface area contributed by atoms with Crippen LogP contribution in [-0.2, 0) is 22.4 Å². The minimum absolute atomic E-state index is 0.168. The third kappa shape index (κ3) is 4.31. The number of carbonyl (C=O) groups excluding carboxylic acids is 1. The summed E-state index contributed by atoms with van der Waals surface area (Å²) in [6, 6.07) is 5.10. The fraction of sp³-hybridized carbons (Fsp3) is 0.526. The van der Waals surface area contributed by atoms with Gasteiger partial charge in [-0.3, -0.25) is 4.79 Å². The average molecular weight is 371 g/mol. The highest BCUT2D eigenvalue weighted by Crippen LogP contribution is 2.32. The van der Waals surface area contributed by atoms with Crippen LogP contribution in [-0.4, -0.2) is 43.7 Å². The van der Waals surface area contributed by atoms with Crippen LogP contribution in [0.25, 0.3) is 0 Å². The molecule has 0 amide bonds. The second kappa shape index (κ2) is 8.01. The van der Waals surface area contributed by atoms with E-state index in [1.165, 1.54) is 0 Å². The Morgan fingerprint density at radius 2 is 1.85 bits per heavy atom. The average Bonchev–Trinajstić information content (AvgIpc) is 2.82. The first-order chi connectivity index (χ1) is 12.2. The minimum atomic E-state index is -4.48. The first-order valence-electron chi connectivity index (χ1n) is 8.57. The Morgan fingerprint density at radius 3 is 2.38 bits per heavy atom. The molecule has 0 saturated carbocycles. The van der Waals surface area contributed by atoms with Gasteiger partial charge in [0.1, 0.15) is 5.75 Å². The second-order valence-electron chi connectivity index (χ2n) is 6.22. The van der Waals surface area contributed by atoms with Crippen molar-refractivity contribution in [3.63, 3.8) is 0 Å². The number of hydrogen-bond acceptors (Lipinski definition) is 4. The molecular formula is C19H24F3NO3. The molecule has 0 fully saturated rings. The van der Waals surface area contributed by atoms with Crippen molar-refractivity contribution >= 4 is 5.78 Å². The maximum atomic E-state index is 12.7. The highest BCUT2D eigenvalue weighted by Gasteiger charge is 2.40. The van der Waals surface area contributed by atoms with E-state index < -0.39 is 24.6 Å². The first-order valence-corrected chi connectivity index (χ1v) is 8.57. The summed E-state index contributed by atoms with van der Waals surface area (Å²) in [4.78, 5) is 14.5. The van der Waals surface area contributed by atoms with Gasteiger partial charge in [-0.25, -0.2) is 0 Å². The standard InChI is InChI=1S/C19H24F3NO3/c1-5-12-7-8-14(25-4)9-13(12)10-16-17(24)18(15(6-2)23(16)3)26-11-19(20,21)22/h7-9,16H,5-6,10-11H2,1-4H3. The van der Waals surface area contributed by atoms with Crippen molar-refractivity contribution in [2.75, 3.05) is 20.8 Å². The van der Waals surface area contributed by atoms with Crippen LogP contribution < -0.4 is 4.74 Å². The van der Waals surface area contributed by atoms with Crippen LogP contribution >= 0.6 is 0 Å². The number of hydrogen-bond donors (Lipinski definition) is 0. The van der Waals surface area contributed by atoms with Crippen LogP contribution in [0.4, 0.5) is 13.2 Å². The molecule has 1 aromatic rings. The van der Waals surface area contributed by atoms with E-state index in [9.17, 15) is 18.0 Å². The van der Waals surface area contributed by atoms with Crippen molar-refractivity contribution in [2.24, 2.45) is 0 Å². The molecule has 2 rings (SSSR count). The number of carbonyl (C=O) groups is 1. The molecule has 1 aliphatic heterocycles. The molecule has 0 radical (unpaired) electrons. The molecular weight excluding hydrogens is 347 g/mol. The van der Waals surface area contributed by atoms with E-state index in [2.05, 4.69) is 0 Å². The summed E-state index contributed by atoms with van der Waals surface area (Å²) in [5.74, 6) is 0.110. The number of aryl methyl sites for hydroxylation is 1. The number of benzene rings is 1. The number of methoxy groups -OCH3 is 1. The summed E-state index contributed by atoms with van der Waals surface area (Å²) < 4.78 is 47.6. The smallest absolute Gasteiger partial charge is 0.422 e. The van der Waals surface area contributed by atoms with Crippen molar-refractivity contribution in [1.82, 2.24) is 4.90 Å². The fourth-order valence-corrected chi connectivity index (χ4v) is 3.24. The molecule has 144 valence electrons. The molecule has 0 bridgehead atoms. The molecule has 26 heavy (non-hydrogen) atoms. The highest BCUT2D eigenvalue weighted by atomic mass is 19.4. The lowest BCUT2D eigenvalue weighted by molar-refractivity contribution is -0.166. The van der Waals surface area contributed by atoms with E-state index in [-0.39, 0.29) is 5.76 Å². The summed E-state index contributed by atoms with van der Waals surface area (Å²) in [6.45, 7) is 2.35. The minimum Gasteiger partial charge on any atom is -0.497 e. The third-order valence-corrected chi connectivity index (χ3v) is 4.60. The van der Waals surface area contributed by atoms with Crippen LogP contribution in [0, 0.1) is 0 Å². The molecule has 4 nitrogen and oxygen atoms in total. The van der Waals surface area contributed by atoms with Crippen LogP contribution in [0.3, 0.4) is 0 Å². The van der Waals surface area contributed by atoms with Gasteiger partial charge < -0.3 is 14.4 Å². The van der Waals surface area contributed by atoms with Crippen molar-refractivity contribution in [1.29, 1.82) is 0 Å². The first kappa shape index (κ1) is 20.1. The molecule has 1 atom stereocenters. The Morgan fingerprint density at radius 1 is 1.15 bits per heavy atom. The van der Waals surface area contributed by atoms with Crippen molar-refractivity contribution in [2.45, 2.75) is 45.3 Å². The molecule has 0 saturated heterocycles. The van der Waals surface area contributed by atoms with Gasteiger partial charge >= 0.3 is 6.18 Å². The molecule has 0 spiro atoms. The van der Waals surface area contributed by atoms with E-state index in [1.54, 1.807) is 26.0 Å². The highest BCUT2D eigenvalue weighted by molar-refractivity contribution is 6.01. The normalized spacial score (nSPS) is 17.9. The molecule has 0 N–H and O–H groups in total. The number of ether oxygens (including phenoxy) is 2. The van der Waals surface area contributed by atoms with Crippen LogP contribution in [0.2, 0.25) is 0 Å². The Balaban J connectivity index is 2.26. The number of allylic oxidation sites excluding steroid dienone is 1. The third-order valence-electron chi connectivity index (χ3n) is 4.60. The Hall–Kier alpha value is -2.18. The SMILES string of the molecule is CCC1=C(OCC(F)(F)F)C(=O)C(Cc2cc(OC)ccc2CC)N1C. The molecule has 1 aromatic carbocycles. The summed E-state index contributed by atoms with van der Waals surface area (Å²) in [6.07, 6.45) is -2.89. The number of halogens is 3. The number of Topliss-reactive ketones (excluding diaryl/α,β-unsaturated/α-hetero) is 1. The summed E-state index contributed by atoms with van der Waals surface area (Å²) in [7, 11) is 3.29. The largest absolute Gasteiger partial charge is 0.497 e. The van der Waals surface area contributed by atoms with E-state index in [4.69, 9.17) is 9.47 Å². The molecule has 0 aliphatic carbocycles. The predicted molar refractivity (Wildman–Crippen MR) is 92.0 cm³/mol. The second-order valence-corrected chi connectivity index (χ2v) is 6.22. The van der Waals surface area contributed by atoms with Gasteiger partial charge in [0.15, 0.2) is 12.4 Å². The molecule has 1 heterocycles. The molecule has 1 unspecified atom stereocenters. The van der Waals surface area contributed by atoms with Gasteiger partial charge in [-0.15, -0.1) is 0 Å². The van der Waals surface area contributed by atoms with Gasteiger partial charge in [-0.2, -0.15) is 13.2 Å². The molecule has 0 aromatic heterocycles. The lowest BCUT2D eigenvalue weighted by Gasteiger charge is -2.24. The van der Waals surface area contributed by atoms with Crippen molar-refractivity contribution < 1.29 is 27.4 Å². The van der Waals surface area contributed by atoms with Gasteiger partial charge in [0.2, 0.25) is 5.78 Å². The number of alkyl halides is 3. The van der Waals surface area contributed by atoms with Crippen LogP contribution in [0.5, 0.6) is 5.75 Å². The quantitative estimate of drug-likeness (QED) is 0.729. The number of nitrogens with zero attached hydrogens (tertiary/aromatic N) is 1. The zero-order valence-electron chi connectivity index (χ0n) is 15.4. The Kier molecular flexibility index (Phi) is 6.21. The lowest BCUT2D eigenvalue weighted by Crippen LogP contribution is -2.34. The van der Waals surface area contributed by atoms with E-state index >= 15 is 0 Å². The monoisotopic (exact) mass is 371 g/mol. The topological polar surface area (TPSA) is 38.8 Å². The van der Waals surface area contributed by atoms with Gasteiger partial charge in [0.05, 0.1) is 18.8 Å². The lowest BCUT2D eigenvalue weighted by atomic mass is 9.96. The zero-order valence-corrected chi connectivity index (χ0v) is 15.4. The summed E-state index contributed by atoms with van der Waals surface area (Å²) in [5.41, 5.74) is 2.53. The molecule has 1 aliphatic rings. The number of rotatable bonds is 7. The fourth-order valence-electron chi connectivity index (χ4n) is 3.24. The van der Waals surface area contributed by atoms with Gasteiger partial charge in [-0.05, 0) is 36.1 Å².